The Kier molecular flexibility index (Phi) is 5.14. The number of rotatable bonds is 6. The molecule has 0 unspecified atom stereocenters. The van der Waals surface area contributed by atoms with E-state index < -0.39 is 15.8 Å². The maximum atomic E-state index is 13.3. The van der Waals surface area contributed by atoms with Crippen LogP contribution < -0.4 is 10.1 Å². The zero-order chi connectivity index (χ0) is 16.3. The third-order valence-electron chi connectivity index (χ3n) is 3.40. The van der Waals surface area contributed by atoms with Gasteiger partial charge in [-0.05, 0) is 0 Å². The summed E-state index contributed by atoms with van der Waals surface area (Å²) in [5, 5.41) is 2.98. The van der Waals surface area contributed by atoms with Gasteiger partial charge in [-0.25, -0.2) is 17.7 Å². The second-order valence-electron chi connectivity index (χ2n) is 5.16. The number of ether oxygens (including phenoxy) is 2. The third-order valence-corrected chi connectivity index (χ3v) is 5.36. The molecule has 1 aromatic rings. The molecule has 0 amide bonds. The molecule has 124 valence electrons. The van der Waals surface area contributed by atoms with Gasteiger partial charge >= 0.3 is 0 Å². The molecule has 8 nitrogen and oxygen atoms in total. The van der Waals surface area contributed by atoms with Crippen molar-refractivity contribution in [3.05, 3.63) is 12.0 Å². The van der Waals surface area contributed by atoms with Gasteiger partial charge in [-0.2, -0.15) is 9.37 Å². The number of aromatic nitrogens is 2. The van der Waals surface area contributed by atoms with Crippen molar-refractivity contribution in [2.24, 2.45) is 5.92 Å². The average molecular weight is 334 g/mol. The van der Waals surface area contributed by atoms with Crippen molar-refractivity contribution in [3.8, 4) is 5.88 Å². The van der Waals surface area contributed by atoms with E-state index in [1.807, 2.05) is 0 Å². The van der Waals surface area contributed by atoms with Crippen molar-refractivity contribution in [2.45, 2.75) is 6.04 Å². The number of nitrogens with one attached hydrogen (secondary N) is 1. The molecule has 2 rings (SSSR count). The number of methoxy groups -OCH3 is 1. The summed E-state index contributed by atoms with van der Waals surface area (Å²) in [5.41, 5.74) is 0. The maximum absolute atomic E-state index is 13.3. The Hall–Kier alpha value is -1.52. The summed E-state index contributed by atoms with van der Waals surface area (Å²) < 4.78 is 48.5. The van der Waals surface area contributed by atoms with E-state index in [1.165, 1.54) is 25.5 Å². The maximum Gasteiger partial charge on any atom is 0.255 e. The molecule has 1 aliphatic heterocycles. The highest BCUT2D eigenvalue weighted by molar-refractivity contribution is 7.89. The van der Waals surface area contributed by atoms with Gasteiger partial charge in [0.25, 0.3) is 5.88 Å². The Bertz CT molecular complexity index is 626. The smallest absolute Gasteiger partial charge is 0.255 e. The highest BCUT2D eigenvalue weighted by Gasteiger charge is 2.33. The predicted molar refractivity (Wildman–Crippen MR) is 77.7 cm³/mol. The first-order chi connectivity index (χ1) is 10.3. The molecule has 0 radical (unpaired) electrons. The zero-order valence-electron chi connectivity index (χ0n) is 12.6. The van der Waals surface area contributed by atoms with Crippen molar-refractivity contribution in [2.75, 3.05) is 45.5 Å². The molecule has 10 heteroatoms. The Morgan fingerprint density at radius 3 is 2.86 bits per heavy atom. The predicted octanol–water partition coefficient (Wildman–Crippen LogP) is -0.0574. The zero-order valence-corrected chi connectivity index (χ0v) is 13.4. The normalized spacial score (nSPS) is 22.0. The molecule has 0 bridgehead atoms. The minimum absolute atomic E-state index is 0.0456. The molecule has 1 fully saturated rings. The van der Waals surface area contributed by atoms with Crippen molar-refractivity contribution in [3.63, 3.8) is 0 Å². The molecule has 1 N–H and O–H groups in total. The van der Waals surface area contributed by atoms with Gasteiger partial charge in [-0.15, -0.1) is 0 Å². The van der Waals surface area contributed by atoms with Gasteiger partial charge in [0, 0.05) is 20.0 Å². The Labute approximate surface area is 128 Å². The Morgan fingerprint density at radius 2 is 2.23 bits per heavy atom. The van der Waals surface area contributed by atoms with Gasteiger partial charge in [0.1, 0.15) is 0 Å². The standard InChI is InChI=1S/C12H19FN4O4S/c1-17(2)22(18,19)7-8-5-21-6-10(8)15-12-14-4-9(13)11(16-12)20-3/h4,8,10H,5-7H2,1-3H3,(H,14,15,16)/t8-,10-/m0/s1. The summed E-state index contributed by atoms with van der Waals surface area (Å²) in [6, 6.07) is -0.273. The van der Waals surface area contributed by atoms with Gasteiger partial charge in [-0.1, -0.05) is 0 Å². The minimum atomic E-state index is -3.34. The van der Waals surface area contributed by atoms with E-state index in [9.17, 15) is 12.8 Å². The van der Waals surface area contributed by atoms with Crippen molar-refractivity contribution in [1.82, 2.24) is 14.3 Å². The first-order valence-corrected chi connectivity index (χ1v) is 8.25. The molecular formula is C12H19FN4O4S. The highest BCUT2D eigenvalue weighted by atomic mass is 32.2. The monoisotopic (exact) mass is 334 g/mol. The van der Waals surface area contributed by atoms with Crippen LogP contribution in [0.2, 0.25) is 0 Å². The van der Waals surface area contributed by atoms with Crippen LogP contribution in [0, 0.1) is 11.7 Å². The van der Waals surface area contributed by atoms with E-state index in [0.29, 0.717) is 13.2 Å². The average Bonchev–Trinajstić information content (AvgIpc) is 2.87. The molecular weight excluding hydrogens is 315 g/mol. The Morgan fingerprint density at radius 1 is 1.50 bits per heavy atom. The topological polar surface area (TPSA) is 93.6 Å². The quantitative estimate of drug-likeness (QED) is 0.779. The first kappa shape index (κ1) is 16.8. The summed E-state index contributed by atoms with van der Waals surface area (Å²) in [7, 11) is 0.943. The van der Waals surface area contributed by atoms with Crippen LogP contribution in [0.15, 0.2) is 6.20 Å². The van der Waals surface area contributed by atoms with Crippen LogP contribution in [-0.4, -0.2) is 68.9 Å². The largest absolute Gasteiger partial charge is 0.479 e. The molecule has 0 aromatic carbocycles. The number of sulfonamides is 1. The lowest BCUT2D eigenvalue weighted by Gasteiger charge is -2.21. The van der Waals surface area contributed by atoms with Crippen LogP contribution in [0.1, 0.15) is 0 Å². The van der Waals surface area contributed by atoms with Crippen molar-refractivity contribution >= 4 is 16.0 Å². The molecule has 2 heterocycles. The molecule has 0 saturated carbocycles. The summed E-state index contributed by atoms with van der Waals surface area (Å²) in [4.78, 5) is 7.71. The number of anilines is 1. The number of nitrogens with zero attached hydrogens (tertiary/aromatic N) is 3. The van der Waals surface area contributed by atoms with Gasteiger partial charge in [0.2, 0.25) is 21.8 Å². The lowest BCUT2D eigenvalue weighted by atomic mass is 10.1. The Balaban J connectivity index is 2.08. The van der Waals surface area contributed by atoms with Crippen LogP contribution in [0.4, 0.5) is 10.3 Å². The van der Waals surface area contributed by atoms with Gasteiger partial charge in [-0.3, -0.25) is 0 Å². The van der Waals surface area contributed by atoms with Gasteiger partial charge in [0.15, 0.2) is 0 Å². The highest BCUT2D eigenvalue weighted by Crippen LogP contribution is 2.21. The van der Waals surface area contributed by atoms with E-state index in [4.69, 9.17) is 9.47 Å². The number of halogens is 1. The van der Waals surface area contributed by atoms with E-state index in [1.54, 1.807) is 0 Å². The fourth-order valence-electron chi connectivity index (χ4n) is 2.07. The van der Waals surface area contributed by atoms with Gasteiger partial charge < -0.3 is 14.8 Å². The van der Waals surface area contributed by atoms with Crippen LogP contribution in [0.5, 0.6) is 5.88 Å². The number of hydrogen-bond acceptors (Lipinski definition) is 7. The lowest BCUT2D eigenvalue weighted by Crippen LogP contribution is -2.37. The van der Waals surface area contributed by atoms with E-state index in [0.717, 1.165) is 6.20 Å². The van der Waals surface area contributed by atoms with Crippen LogP contribution in [0.3, 0.4) is 0 Å². The molecule has 0 spiro atoms. The minimum Gasteiger partial charge on any atom is -0.479 e. The number of hydrogen-bond donors (Lipinski definition) is 1. The molecule has 1 saturated heterocycles. The molecule has 0 aliphatic carbocycles. The van der Waals surface area contributed by atoms with Crippen LogP contribution in [0.25, 0.3) is 0 Å². The summed E-state index contributed by atoms with van der Waals surface area (Å²) in [5.74, 6) is -0.958. The lowest BCUT2D eigenvalue weighted by molar-refractivity contribution is 0.187. The second-order valence-corrected chi connectivity index (χ2v) is 7.39. The molecule has 2 atom stereocenters. The summed E-state index contributed by atoms with van der Waals surface area (Å²) in [6.45, 7) is 0.653. The summed E-state index contributed by atoms with van der Waals surface area (Å²) >= 11 is 0. The SMILES string of the molecule is COc1nc(N[C@H]2COC[C@H]2CS(=O)(=O)N(C)C)ncc1F. The van der Waals surface area contributed by atoms with Crippen LogP contribution >= 0.6 is 0 Å². The van der Waals surface area contributed by atoms with Crippen molar-refractivity contribution in [1.29, 1.82) is 0 Å². The third kappa shape index (κ3) is 3.81. The van der Waals surface area contributed by atoms with Crippen molar-refractivity contribution < 1.29 is 22.3 Å². The van der Waals surface area contributed by atoms with E-state index in [-0.39, 0.29) is 29.5 Å². The molecule has 22 heavy (non-hydrogen) atoms. The van der Waals surface area contributed by atoms with E-state index >= 15 is 0 Å². The summed E-state index contributed by atoms with van der Waals surface area (Å²) in [6.07, 6.45) is 0.996. The fraction of sp³-hybridized carbons (Fsp3) is 0.667. The second kappa shape index (κ2) is 6.71. The van der Waals surface area contributed by atoms with Crippen LogP contribution in [-0.2, 0) is 14.8 Å². The first-order valence-electron chi connectivity index (χ1n) is 6.64. The van der Waals surface area contributed by atoms with E-state index in [2.05, 4.69) is 15.3 Å². The fourth-order valence-corrected chi connectivity index (χ4v) is 3.24. The van der Waals surface area contributed by atoms with Gasteiger partial charge in [0.05, 0.1) is 38.3 Å². The molecule has 1 aromatic heterocycles. The molecule has 1 aliphatic rings.